The third-order valence-electron chi connectivity index (χ3n) is 4.83. The van der Waals surface area contributed by atoms with Crippen LogP contribution in [-0.2, 0) is 0 Å². The van der Waals surface area contributed by atoms with E-state index in [2.05, 4.69) is 27.7 Å². The van der Waals surface area contributed by atoms with Crippen LogP contribution in [0.1, 0.15) is 118 Å². The number of unbranched alkanes of at least 4 members (excludes halogenated alkanes) is 8. The van der Waals surface area contributed by atoms with E-state index < -0.39 is 0 Å². The Morgan fingerprint density at radius 1 is 0.600 bits per heavy atom. The van der Waals surface area contributed by atoms with Crippen LogP contribution in [0.25, 0.3) is 0 Å². The van der Waals surface area contributed by atoms with Crippen molar-refractivity contribution in [2.45, 2.75) is 118 Å². The fourth-order valence-electron chi connectivity index (χ4n) is 3.31. The summed E-state index contributed by atoms with van der Waals surface area (Å²) < 4.78 is 0. The van der Waals surface area contributed by atoms with Gasteiger partial charge in [-0.3, -0.25) is 0 Å². The van der Waals surface area contributed by atoms with Gasteiger partial charge in [0.1, 0.15) is 0 Å². The summed E-state index contributed by atoms with van der Waals surface area (Å²) in [5, 5.41) is 0. The number of hydrogen-bond donors (Lipinski definition) is 0. The molecule has 0 fully saturated rings. The predicted octanol–water partition coefficient (Wildman–Crippen LogP) is 7.76. The highest BCUT2D eigenvalue weighted by Crippen LogP contribution is 2.25. The summed E-state index contributed by atoms with van der Waals surface area (Å²) in [4.78, 5) is 0. The van der Waals surface area contributed by atoms with E-state index >= 15 is 0 Å². The molecule has 0 aromatic heterocycles. The van der Waals surface area contributed by atoms with Crippen molar-refractivity contribution in [3.05, 3.63) is 0 Å². The monoisotopic (exact) mass is 282 g/mol. The van der Waals surface area contributed by atoms with Crippen molar-refractivity contribution in [1.82, 2.24) is 0 Å². The van der Waals surface area contributed by atoms with E-state index in [1.165, 1.54) is 89.9 Å². The van der Waals surface area contributed by atoms with Crippen molar-refractivity contribution in [1.29, 1.82) is 0 Å². The molecule has 0 aliphatic heterocycles. The zero-order chi connectivity index (χ0) is 15.1. The lowest BCUT2D eigenvalue weighted by Gasteiger charge is -2.19. The lowest BCUT2D eigenvalue weighted by Crippen LogP contribution is -2.06. The molecule has 0 aliphatic rings. The Bertz CT molecular complexity index is 173. The molecule has 122 valence electrons. The van der Waals surface area contributed by atoms with Crippen molar-refractivity contribution in [3.63, 3.8) is 0 Å². The number of hydrogen-bond acceptors (Lipinski definition) is 0. The highest BCUT2D eigenvalue weighted by Gasteiger charge is 2.11. The van der Waals surface area contributed by atoms with Crippen molar-refractivity contribution >= 4 is 0 Å². The molecular formula is C20H42. The van der Waals surface area contributed by atoms with Crippen LogP contribution in [0, 0.1) is 11.8 Å². The summed E-state index contributed by atoms with van der Waals surface area (Å²) >= 11 is 0. The average molecular weight is 283 g/mol. The first kappa shape index (κ1) is 20.0. The molecule has 0 heterocycles. The maximum Gasteiger partial charge on any atom is -0.0414 e. The normalized spacial score (nSPS) is 14.4. The van der Waals surface area contributed by atoms with Crippen molar-refractivity contribution in [2.24, 2.45) is 11.8 Å². The molecule has 2 unspecified atom stereocenters. The van der Waals surface area contributed by atoms with E-state index in [0.717, 1.165) is 11.8 Å². The highest BCUT2D eigenvalue weighted by molar-refractivity contribution is 4.63. The van der Waals surface area contributed by atoms with E-state index in [4.69, 9.17) is 0 Å². The summed E-state index contributed by atoms with van der Waals surface area (Å²) in [5.41, 5.74) is 0. The van der Waals surface area contributed by atoms with Crippen LogP contribution in [0.2, 0.25) is 0 Å². The van der Waals surface area contributed by atoms with E-state index in [9.17, 15) is 0 Å². The van der Waals surface area contributed by atoms with Gasteiger partial charge in [0, 0.05) is 0 Å². The third kappa shape index (κ3) is 13.0. The van der Waals surface area contributed by atoms with E-state index in [1.54, 1.807) is 0 Å². The Labute approximate surface area is 130 Å². The minimum Gasteiger partial charge on any atom is -0.0654 e. The Kier molecular flexibility index (Phi) is 15.4. The summed E-state index contributed by atoms with van der Waals surface area (Å²) in [6, 6.07) is 0. The Morgan fingerprint density at radius 3 is 1.60 bits per heavy atom. The van der Waals surface area contributed by atoms with E-state index in [0.29, 0.717) is 0 Å². The largest absolute Gasteiger partial charge is 0.0654 e. The second-order valence-electron chi connectivity index (χ2n) is 7.02. The topological polar surface area (TPSA) is 0 Å². The van der Waals surface area contributed by atoms with Gasteiger partial charge >= 0.3 is 0 Å². The lowest BCUT2D eigenvalue weighted by atomic mass is 9.86. The molecular weight excluding hydrogens is 240 g/mol. The second kappa shape index (κ2) is 15.4. The predicted molar refractivity (Wildman–Crippen MR) is 94.3 cm³/mol. The SMILES string of the molecule is CCCCCCCC(C)CC(CC)CCCCCCC. The van der Waals surface area contributed by atoms with Crippen LogP contribution in [0.4, 0.5) is 0 Å². The summed E-state index contributed by atoms with van der Waals surface area (Å²) in [6.07, 6.45) is 20.2. The molecule has 0 amide bonds. The minimum absolute atomic E-state index is 0.956. The molecule has 0 bridgehead atoms. The van der Waals surface area contributed by atoms with Gasteiger partial charge in [-0.2, -0.15) is 0 Å². The van der Waals surface area contributed by atoms with Crippen LogP contribution in [0.15, 0.2) is 0 Å². The summed E-state index contributed by atoms with van der Waals surface area (Å²) in [5.74, 6) is 1.96. The van der Waals surface area contributed by atoms with E-state index in [1.807, 2.05) is 0 Å². The minimum atomic E-state index is 0.956. The number of rotatable bonds is 15. The molecule has 0 rings (SSSR count). The van der Waals surface area contributed by atoms with Gasteiger partial charge in [-0.25, -0.2) is 0 Å². The zero-order valence-electron chi connectivity index (χ0n) is 15.1. The van der Waals surface area contributed by atoms with Crippen LogP contribution in [-0.4, -0.2) is 0 Å². The maximum absolute atomic E-state index is 2.49. The lowest BCUT2D eigenvalue weighted by molar-refractivity contribution is 0.330. The molecule has 20 heavy (non-hydrogen) atoms. The Balaban J connectivity index is 3.54. The van der Waals surface area contributed by atoms with Crippen molar-refractivity contribution in [2.75, 3.05) is 0 Å². The summed E-state index contributed by atoms with van der Waals surface area (Å²) in [6.45, 7) is 9.48. The maximum atomic E-state index is 2.49. The molecule has 0 nitrogen and oxygen atoms in total. The van der Waals surface area contributed by atoms with Gasteiger partial charge in [0.05, 0.1) is 0 Å². The molecule has 0 aliphatic carbocycles. The van der Waals surface area contributed by atoms with Crippen molar-refractivity contribution in [3.8, 4) is 0 Å². The van der Waals surface area contributed by atoms with Crippen LogP contribution in [0.5, 0.6) is 0 Å². The first-order valence-electron chi connectivity index (χ1n) is 9.74. The fraction of sp³-hybridized carbons (Fsp3) is 1.00. The van der Waals surface area contributed by atoms with Crippen LogP contribution in [0.3, 0.4) is 0 Å². The van der Waals surface area contributed by atoms with Gasteiger partial charge in [-0.15, -0.1) is 0 Å². The molecule has 2 atom stereocenters. The van der Waals surface area contributed by atoms with Gasteiger partial charge in [0.25, 0.3) is 0 Å². The first-order valence-corrected chi connectivity index (χ1v) is 9.74. The Hall–Kier alpha value is 0. The van der Waals surface area contributed by atoms with Gasteiger partial charge in [0.2, 0.25) is 0 Å². The van der Waals surface area contributed by atoms with Gasteiger partial charge in [-0.1, -0.05) is 111 Å². The molecule has 0 saturated carbocycles. The smallest absolute Gasteiger partial charge is 0.0414 e. The molecule has 0 aromatic rings. The molecule has 0 radical (unpaired) electrons. The standard InChI is InChI=1S/C20H42/c1-5-8-10-12-14-16-19(4)18-20(7-3)17-15-13-11-9-6-2/h19-20H,5-18H2,1-4H3. The van der Waals surface area contributed by atoms with Crippen LogP contribution < -0.4 is 0 Å². The highest BCUT2D eigenvalue weighted by atomic mass is 14.2. The van der Waals surface area contributed by atoms with Gasteiger partial charge < -0.3 is 0 Å². The first-order chi connectivity index (χ1) is 9.74. The Morgan fingerprint density at radius 2 is 1.10 bits per heavy atom. The molecule has 0 spiro atoms. The van der Waals surface area contributed by atoms with Gasteiger partial charge in [-0.05, 0) is 18.3 Å². The zero-order valence-corrected chi connectivity index (χ0v) is 15.1. The molecule has 0 saturated heterocycles. The second-order valence-corrected chi connectivity index (χ2v) is 7.02. The fourth-order valence-corrected chi connectivity index (χ4v) is 3.31. The average Bonchev–Trinajstić information content (AvgIpc) is 2.45. The molecule has 0 aromatic carbocycles. The van der Waals surface area contributed by atoms with Crippen molar-refractivity contribution < 1.29 is 0 Å². The van der Waals surface area contributed by atoms with E-state index in [-0.39, 0.29) is 0 Å². The molecule has 0 heteroatoms. The quantitative estimate of drug-likeness (QED) is 0.269. The van der Waals surface area contributed by atoms with Gasteiger partial charge in [0.15, 0.2) is 0 Å². The molecule has 0 N–H and O–H groups in total. The third-order valence-corrected chi connectivity index (χ3v) is 4.83. The van der Waals surface area contributed by atoms with Crippen LogP contribution >= 0.6 is 0 Å². The summed E-state index contributed by atoms with van der Waals surface area (Å²) in [7, 11) is 0.